The third-order valence-electron chi connectivity index (χ3n) is 5.33. The van der Waals surface area contributed by atoms with Crippen LogP contribution < -0.4 is 10.2 Å². The molecule has 26 heavy (non-hydrogen) atoms. The van der Waals surface area contributed by atoms with Crippen molar-refractivity contribution in [2.75, 3.05) is 31.2 Å². The number of benzene rings is 1. The lowest BCUT2D eigenvalue weighted by Gasteiger charge is -2.30. The summed E-state index contributed by atoms with van der Waals surface area (Å²) < 4.78 is 20.9. The van der Waals surface area contributed by atoms with Crippen molar-refractivity contribution in [2.24, 2.45) is 7.05 Å². The third kappa shape index (κ3) is 3.59. The molecule has 4 rings (SSSR count). The lowest BCUT2D eigenvalue weighted by atomic mass is 10.1. The fourth-order valence-corrected chi connectivity index (χ4v) is 4.09. The Hall–Kier alpha value is -1.63. The highest BCUT2D eigenvalue weighted by atomic mass is 35.5. The van der Waals surface area contributed by atoms with E-state index in [9.17, 15) is 4.39 Å². The Morgan fingerprint density at radius 3 is 2.85 bits per heavy atom. The molecule has 0 spiro atoms. The van der Waals surface area contributed by atoms with Gasteiger partial charge in [0, 0.05) is 38.3 Å². The van der Waals surface area contributed by atoms with Crippen LogP contribution >= 0.6 is 12.4 Å². The first kappa shape index (κ1) is 19.1. The fraction of sp³-hybridized carbons (Fsp3) is 0.526. The van der Waals surface area contributed by atoms with Gasteiger partial charge in [0.1, 0.15) is 11.6 Å². The number of aromatic nitrogens is 2. The summed E-state index contributed by atoms with van der Waals surface area (Å²) in [5, 5.41) is 8.31. The van der Waals surface area contributed by atoms with Crippen LogP contribution in [0.25, 0.3) is 0 Å². The van der Waals surface area contributed by atoms with Crippen LogP contribution in [0.15, 0.2) is 18.2 Å². The van der Waals surface area contributed by atoms with E-state index in [4.69, 9.17) is 4.74 Å². The zero-order chi connectivity index (χ0) is 17.4. The number of ether oxygens (including phenoxy) is 1. The molecular weight excluding hydrogens is 355 g/mol. The summed E-state index contributed by atoms with van der Waals surface area (Å²) in [7, 11) is 2.01. The lowest BCUT2D eigenvalue weighted by molar-refractivity contribution is 0.122. The molecule has 1 atom stereocenters. The normalized spacial score (nSPS) is 19.3. The van der Waals surface area contributed by atoms with Gasteiger partial charge in [-0.25, -0.2) is 4.39 Å². The molecule has 0 saturated carbocycles. The van der Waals surface area contributed by atoms with E-state index in [2.05, 4.69) is 22.2 Å². The van der Waals surface area contributed by atoms with Gasteiger partial charge in [-0.05, 0) is 43.0 Å². The number of hydrogen-bond acceptors (Lipinski definition) is 4. The molecule has 1 unspecified atom stereocenters. The summed E-state index contributed by atoms with van der Waals surface area (Å²) in [5.74, 6) is 1.04. The number of halogens is 2. The van der Waals surface area contributed by atoms with Crippen LogP contribution in [0.2, 0.25) is 0 Å². The average Bonchev–Trinajstić information content (AvgIpc) is 3.13. The average molecular weight is 381 g/mol. The van der Waals surface area contributed by atoms with Crippen molar-refractivity contribution in [1.82, 2.24) is 15.1 Å². The molecule has 5 nitrogen and oxygen atoms in total. The highest BCUT2D eigenvalue weighted by molar-refractivity contribution is 5.85. The van der Waals surface area contributed by atoms with Gasteiger partial charge in [-0.2, -0.15) is 5.10 Å². The minimum atomic E-state index is -0.142. The summed E-state index contributed by atoms with van der Waals surface area (Å²) in [6.07, 6.45) is 1.96. The van der Waals surface area contributed by atoms with Crippen molar-refractivity contribution in [3.8, 4) is 0 Å². The number of anilines is 1. The molecule has 7 heteroatoms. The first-order valence-electron chi connectivity index (χ1n) is 9.00. The molecule has 142 valence electrons. The van der Waals surface area contributed by atoms with Gasteiger partial charge in [0.05, 0.1) is 18.9 Å². The summed E-state index contributed by atoms with van der Waals surface area (Å²) >= 11 is 0. The SMILES string of the molecule is Cc1nn(C)c(N2CCOCC2)c1CNC1CCc2cc(F)ccc21.Cl. The first-order valence-corrected chi connectivity index (χ1v) is 9.00. The predicted octanol–water partition coefficient (Wildman–Crippen LogP) is 2.90. The molecule has 1 aliphatic carbocycles. The van der Waals surface area contributed by atoms with Crippen LogP contribution in [0, 0.1) is 12.7 Å². The molecule has 2 aliphatic rings. The van der Waals surface area contributed by atoms with Gasteiger partial charge in [0.15, 0.2) is 0 Å². The number of aryl methyl sites for hydroxylation is 3. The number of fused-ring (bicyclic) bond motifs is 1. The number of hydrogen-bond donors (Lipinski definition) is 1. The van der Waals surface area contributed by atoms with E-state index >= 15 is 0 Å². The Labute approximate surface area is 159 Å². The predicted molar refractivity (Wildman–Crippen MR) is 103 cm³/mol. The zero-order valence-corrected chi connectivity index (χ0v) is 16.1. The van der Waals surface area contributed by atoms with Crippen molar-refractivity contribution in [3.63, 3.8) is 0 Å². The molecule has 1 aliphatic heterocycles. The van der Waals surface area contributed by atoms with Crippen molar-refractivity contribution >= 4 is 18.2 Å². The van der Waals surface area contributed by atoms with Gasteiger partial charge in [-0.1, -0.05) is 6.07 Å². The topological polar surface area (TPSA) is 42.3 Å². The van der Waals surface area contributed by atoms with Gasteiger partial charge >= 0.3 is 0 Å². The Bertz CT molecular complexity index is 773. The second-order valence-corrected chi connectivity index (χ2v) is 6.93. The second-order valence-electron chi connectivity index (χ2n) is 6.93. The van der Waals surface area contributed by atoms with Gasteiger partial charge in [-0.3, -0.25) is 4.68 Å². The maximum Gasteiger partial charge on any atom is 0.131 e. The molecule has 1 fully saturated rings. The van der Waals surface area contributed by atoms with Crippen LogP contribution in [-0.4, -0.2) is 36.1 Å². The van der Waals surface area contributed by atoms with Gasteiger partial charge < -0.3 is 15.0 Å². The van der Waals surface area contributed by atoms with Crippen molar-refractivity contribution < 1.29 is 9.13 Å². The lowest BCUT2D eigenvalue weighted by Crippen LogP contribution is -2.38. The van der Waals surface area contributed by atoms with Crippen molar-refractivity contribution in [2.45, 2.75) is 32.4 Å². The van der Waals surface area contributed by atoms with Gasteiger partial charge in [-0.15, -0.1) is 12.4 Å². The van der Waals surface area contributed by atoms with Crippen LogP contribution in [0.5, 0.6) is 0 Å². The van der Waals surface area contributed by atoms with Crippen LogP contribution in [0.4, 0.5) is 10.2 Å². The van der Waals surface area contributed by atoms with Crippen LogP contribution in [0.3, 0.4) is 0 Å². The Balaban J connectivity index is 0.00000196. The number of nitrogens with zero attached hydrogens (tertiary/aromatic N) is 3. The van der Waals surface area contributed by atoms with E-state index < -0.39 is 0 Å². The minimum absolute atomic E-state index is 0. The van der Waals surface area contributed by atoms with Crippen molar-refractivity contribution in [1.29, 1.82) is 0 Å². The quantitative estimate of drug-likeness (QED) is 0.885. The number of nitrogens with one attached hydrogen (secondary N) is 1. The molecule has 2 heterocycles. The van der Waals surface area contributed by atoms with Crippen LogP contribution in [-0.2, 0) is 24.8 Å². The Morgan fingerprint density at radius 1 is 1.31 bits per heavy atom. The maximum atomic E-state index is 13.4. The molecule has 1 N–H and O–H groups in total. The monoisotopic (exact) mass is 380 g/mol. The van der Waals surface area contributed by atoms with Crippen LogP contribution in [0.1, 0.15) is 34.8 Å². The Morgan fingerprint density at radius 2 is 2.08 bits per heavy atom. The van der Waals surface area contributed by atoms with E-state index in [0.29, 0.717) is 0 Å². The molecule has 0 bridgehead atoms. The third-order valence-corrected chi connectivity index (χ3v) is 5.33. The summed E-state index contributed by atoms with van der Waals surface area (Å²) in [5.41, 5.74) is 4.68. The molecular formula is C19H26ClFN4O. The van der Waals surface area contributed by atoms with E-state index in [1.807, 2.05) is 17.8 Å². The first-order chi connectivity index (χ1) is 12.1. The molecule has 0 amide bonds. The van der Waals surface area contributed by atoms with Crippen molar-refractivity contribution in [3.05, 3.63) is 46.4 Å². The molecule has 0 radical (unpaired) electrons. The van der Waals surface area contributed by atoms with E-state index in [1.165, 1.54) is 16.9 Å². The standard InChI is InChI=1S/C19H25FN4O.ClH/c1-13-17(19(23(2)22-13)24-7-9-25-10-8-24)12-21-18-6-3-14-11-15(20)4-5-16(14)18;/h4-5,11,18,21H,3,6-10,12H2,1-2H3;1H. The number of rotatable bonds is 4. The fourth-order valence-electron chi connectivity index (χ4n) is 4.09. The zero-order valence-electron chi connectivity index (χ0n) is 15.3. The molecule has 1 aromatic heterocycles. The molecule has 2 aromatic rings. The summed E-state index contributed by atoms with van der Waals surface area (Å²) in [6.45, 7) is 6.17. The summed E-state index contributed by atoms with van der Waals surface area (Å²) in [4.78, 5) is 2.36. The van der Waals surface area contributed by atoms with E-state index in [-0.39, 0.29) is 24.3 Å². The van der Waals surface area contributed by atoms with Gasteiger partial charge in [0.25, 0.3) is 0 Å². The summed E-state index contributed by atoms with van der Waals surface area (Å²) in [6, 6.07) is 5.44. The van der Waals surface area contributed by atoms with E-state index in [0.717, 1.165) is 56.9 Å². The highest BCUT2D eigenvalue weighted by Crippen LogP contribution is 2.32. The molecule has 1 aromatic carbocycles. The van der Waals surface area contributed by atoms with Gasteiger partial charge in [0.2, 0.25) is 0 Å². The molecule has 1 saturated heterocycles. The largest absolute Gasteiger partial charge is 0.378 e. The number of morpholine rings is 1. The second kappa shape index (κ2) is 7.94. The van der Waals surface area contributed by atoms with E-state index in [1.54, 1.807) is 12.1 Å². The smallest absolute Gasteiger partial charge is 0.131 e. The minimum Gasteiger partial charge on any atom is -0.378 e. The maximum absolute atomic E-state index is 13.4. The Kier molecular flexibility index (Phi) is 5.85. The highest BCUT2D eigenvalue weighted by Gasteiger charge is 2.25.